The van der Waals surface area contributed by atoms with E-state index in [1.807, 2.05) is 55.5 Å². The van der Waals surface area contributed by atoms with Gasteiger partial charge in [0.2, 0.25) is 0 Å². The molecule has 0 radical (unpaired) electrons. The molecule has 0 heterocycles. The van der Waals surface area contributed by atoms with Gasteiger partial charge < -0.3 is 9.47 Å². The summed E-state index contributed by atoms with van der Waals surface area (Å²) < 4.78 is 12.1. The van der Waals surface area contributed by atoms with Crippen LogP contribution in [-0.4, -0.2) is 0 Å². The maximum Gasteiger partial charge on any atom is 0.131 e. The number of benzene rings is 3. The zero-order valence-corrected chi connectivity index (χ0v) is 15.4. The van der Waals surface area contributed by atoms with Crippen LogP contribution in [0.15, 0.2) is 79.4 Å². The van der Waals surface area contributed by atoms with Crippen LogP contribution in [0.2, 0.25) is 0 Å². The van der Waals surface area contributed by atoms with Crippen molar-refractivity contribution in [3.05, 3.63) is 102 Å². The molecule has 0 aromatic heterocycles. The van der Waals surface area contributed by atoms with E-state index in [1.54, 1.807) is 0 Å². The van der Waals surface area contributed by atoms with E-state index in [-0.39, 0.29) is 0 Å². The van der Waals surface area contributed by atoms with Crippen molar-refractivity contribution in [3.63, 3.8) is 0 Å². The van der Waals surface area contributed by atoms with Crippen LogP contribution in [0.5, 0.6) is 11.5 Å². The Balaban J connectivity index is 1.80. The van der Waals surface area contributed by atoms with Gasteiger partial charge in [-0.05, 0) is 42.2 Å². The maximum absolute atomic E-state index is 6.12. The minimum Gasteiger partial charge on any atom is -0.489 e. The maximum atomic E-state index is 6.12. The quantitative estimate of drug-likeness (QED) is 0.509. The van der Waals surface area contributed by atoms with E-state index in [0.717, 1.165) is 39.3 Å². The van der Waals surface area contributed by atoms with E-state index >= 15 is 0 Å². The van der Waals surface area contributed by atoms with Crippen molar-refractivity contribution in [1.82, 2.24) is 0 Å². The van der Waals surface area contributed by atoms with Gasteiger partial charge >= 0.3 is 0 Å². The molecule has 0 fully saturated rings. The number of allylic oxidation sites excluding steroid dienone is 1. The fourth-order valence-electron chi connectivity index (χ4n) is 2.94. The third kappa shape index (κ3) is 4.54. The second kappa shape index (κ2) is 8.39. The standard InChI is InChI=1S/C24H24O2/c1-18(2)24-19(3)14-22(25-16-20-10-6-4-7-11-20)15-23(24)26-17-21-12-8-5-9-13-21/h4-15H,1,16-17H2,2-3H3. The minimum absolute atomic E-state index is 0.517. The summed E-state index contributed by atoms with van der Waals surface area (Å²) >= 11 is 0. The first-order valence-electron chi connectivity index (χ1n) is 8.77. The summed E-state index contributed by atoms with van der Waals surface area (Å²) in [6.07, 6.45) is 0. The van der Waals surface area contributed by atoms with Gasteiger partial charge in [0.25, 0.3) is 0 Å². The minimum atomic E-state index is 0.517. The molecule has 26 heavy (non-hydrogen) atoms. The lowest BCUT2D eigenvalue weighted by molar-refractivity contribution is 0.289. The highest BCUT2D eigenvalue weighted by atomic mass is 16.5. The highest BCUT2D eigenvalue weighted by Gasteiger charge is 2.12. The predicted molar refractivity (Wildman–Crippen MR) is 107 cm³/mol. The Morgan fingerprint density at radius 3 is 1.88 bits per heavy atom. The van der Waals surface area contributed by atoms with Gasteiger partial charge in [-0.2, -0.15) is 0 Å². The van der Waals surface area contributed by atoms with Gasteiger partial charge in [0.05, 0.1) is 0 Å². The average molecular weight is 344 g/mol. The fourth-order valence-corrected chi connectivity index (χ4v) is 2.94. The Hall–Kier alpha value is -3.00. The van der Waals surface area contributed by atoms with Crippen molar-refractivity contribution >= 4 is 5.57 Å². The first-order valence-corrected chi connectivity index (χ1v) is 8.77. The molecule has 2 heteroatoms. The van der Waals surface area contributed by atoms with Crippen LogP contribution in [0.3, 0.4) is 0 Å². The van der Waals surface area contributed by atoms with Crippen LogP contribution in [0, 0.1) is 6.92 Å². The molecule has 0 saturated heterocycles. The summed E-state index contributed by atoms with van der Waals surface area (Å²) in [5.41, 5.74) is 5.41. The number of hydrogen-bond donors (Lipinski definition) is 0. The first kappa shape index (κ1) is 17.8. The van der Waals surface area contributed by atoms with Crippen LogP contribution >= 0.6 is 0 Å². The molecule has 0 spiro atoms. The average Bonchev–Trinajstić information content (AvgIpc) is 2.66. The third-order valence-electron chi connectivity index (χ3n) is 4.19. The molecular formula is C24H24O2. The van der Waals surface area contributed by atoms with Gasteiger partial charge in [0.15, 0.2) is 0 Å². The fraction of sp³-hybridized carbons (Fsp3) is 0.167. The molecular weight excluding hydrogens is 320 g/mol. The Morgan fingerprint density at radius 1 is 0.808 bits per heavy atom. The van der Waals surface area contributed by atoms with E-state index in [2.05, 4.69) is 37.8 Å². The van der Waals surface area contributed by atoms with E-state index in [1.165, 1.54) is 0 Å². The molecule has 0 atom stereocenters. The molecule has 0 unspecified atom stereocenters. The molecule has 2 nitrogen and oxygen atoms in total. The molecule has 0 aliphatic rings. The molecule has 0 N–H and O–H groups in total. The zero-order valence-electron chi connectivity index (χ0n) is 15.4. The highest BCUT2D eigenvalue weighted by molar-refractivity contribution is 5.71. The summed E-state index contributed by atoms with van der Waals surface area (Å²) in [5.74, 6) is 1.61. The van der Waals surface area contributed by atoms with Gasteiger partial charge in [-0.3, -0.25) is 0 Å². The van der Waals surface area contributed by atoms with Crippen molar-refractivity contribution in [1.29, 1.82) is 0 Å². The molecule has 0 aliphatic carbocycles. The second-order valence-corrected chi connectivity index (χ2v) is 6.44. The molecule has 0 bridgehead atoms. The monoisotopic (exact) mass is 344 g/mol. The van der Waals surface area contributed by atoms with Gasteiger partial charge in [-0.25, -0.2) is 0 Å². The zero-order chi connectivity index (χ0) is 18.4. The second-order valence-electron chi connectivity index (χ2n) is 6.44. The number of ether oxygens (including phenoxy) is 2. The van der Waals surface area contributed by atoms with Gasteiger partial charge in [0.1, 0.15) is 24.7 Å². The van der Waals surface area contributed by atoms with E-state index in [0.29, 0.717) is 13.2 Å². The molecule has 0 amide bonds. The van der Waals surface area contributed by atoms with E-state index in [4.69, 9.17) is 9.47 Å². The van der Waals surface area contributed by atoms with E-state index in [9.17, 15) is 0 Å². The lowest BCUT2D eigenvalue weighted by Crippen LogP contribution is -2.01. The van der Waals surface area contributed by atoms with Crippen molar-refractivity contribution in [2.45, 2.75) is 27.1 Å². The van der Waals surface area contributed by atoms with Crippen molar-refractivity contribution in [2.24, 2.45) is 0 Å². The summed E-state index contributed by atoms with van der Waals surface area (Å²) in [6.45, 7) is 9.22. The van der Waals surface area contributed by atoms with Crippen LogP contribution < -0.4 is 9.47 Å². The topological polar surface area (TPSA) is 18.5 Å². The Morgan fingerprint density at radius 2 is 1.35 bits per heavy atom. The van der Waals surface area contributed by atoms with Crippen molar-refractivity contribution < 1.29 is 9.47 Å². The Labute approximate surface area is 155 Å². The van der Waals surface area contributed by atoms with Crippen LogP contribution in [0.4, 0.5) is 0 Å². The lowest BCUT2D eigenvalue weighted by atomic mass is 10.0. The summed E-state index contributed by atoms with van der Waals surface area (Å²) in [7, 11) is 0. The SMILES string of the molecule is C=C(C)c1c(C)cc(OCc2ccccc2)cc1OCc1ccccc1. The number of hydrogen-bond acceptors (Lipinski definition) is 2. The summed E-state index contributed by atoms with van der Waals surface area (Å²) in [5, 5.41) is 0. The van der Waals surface area contributed by atoms with Crippen molar-refractivity contribution in [2.75, 3.05) is 0 Å². The van der Waals surface area contributed by atoms with Gasteiger partial charge in [0, 0.05) is 11.6 Å². The first-order chi connectivity index (χ1) is 12.6. The van der Waals surface area contributed by atoms with Crippen LogP contribution in [0.1, 0.15) is 29.2 Å². The van der Waals surface area contributed by atoms with Crippen LogP contribution in [0.25, 0.3) is 5.57 Å². The number of aryl methyl sites for hydroxylation is 1. The molecule has 3 aromatic carbocycles. The molecule has 3 aromatic rings. The molecule has 0 aliphatic heterocycles. The Kier molecular flexibility index (Phi) is 5.75. The lowest BCUT2D eigenvalue weighted by Gasteiger charge is -2.17. The number of rotatable bonds is 7. The molecule has 0 saturated carbocycles. The van der Waals surface area contributed by atoms with E-state index < -0.39 is 0 Å². The molecule has 3 rings (SSSR count). The van der Waals surface area contributed by atoms with Crippen molar-refractivity contribution in [3.8, 4) is 11.5 Å². The normalized spacial score (nSPS) is 10.4. The summed E-state index contributed by atoms with van der Waals surface area (Å²) in [4.78, 5) is 0. The highest BCUT2D eigenvalue weighted by Crippen LogP contribution is 2.34. The van der Waals surface area contributed by atoms with Crippen LogP contribution in [-0.2, 0) is 13.2 Å². The third-order valence-corrected chi connectivity index (χ3v) is 4.19. The predicted octanol–water partition coefficient (Wildman–Crippen LogP) is 6.19. The smallest absolute Gasteiger partial charge is 0.131 e. The Bertz CT molecular complexity index is 867. The molecule has 132 valence electrons. The van der Waals surface area contributed by atoms with Gasteiger partial charge in [-0.15, -0.1) is 0 Å². The largest absolute Gasteiger partial charge is 0.489 e. The van der Waals surface area contributed by atoms with Gasteiger partial charge in [-0.1, -0.05) is 67.2 Å². The summed E-state index contributed by atoms with van der Waals surface area (Å²) in [6, 6.07) is 24.3.